The number of hydrogen-bond acceptors (Lipinski definition) is 13. The number of rotatable bonds is 26. The van der Waals surface area contributed by atoms with Gasteiger partial charge in [-0.3, -0.25) is 14.4 Å². The lowest BCUT2D eigenvalue weighted by Gasteiger charge is -2.34. The zero-order chi connectivity index (χ0) is 41.6. The van der Waals surface area contributed by atoms with Crippen LogP contribution < -0.4 is 15.4 Å². The Balaban J connectivity index is 1.05. The van der Waals surface area contributed by atoms with E-state index >= 15 is 0 Å². The molecule has 0 unspecified atom stereocenters. The van der Waals surface area contributed by atoms with Gasteiger partial charge in [0.1, 0.15) is 34.7 Å². The van der Waals surface area contributed by atoms with E-state index in [1.54, 1.807) is 36.6 Å². The van der Waals surface area contributed by atoms with Crippen molar-refractivity contribution in [3.8, 4) is 5.75 Å². The third-order valence-corrected chi connectivity index (χ3v) is 10.5. The number of likely N-dealkylation sites (tertiary alicyclic amines) is 1. The molecule has 2 atom stereocenters. The Labute approximate surface area is 347 Å². The fraction of sp³-hybridized carbons (Fsp3) is 0.667. The highest BCUT2D eigenvalue weighted by Gasteiger charge is 2.39. The van der Waals surface area contributed by atoms with Crippen molar-refractivity contribution in [2.24, 2.45) is 5.92 Å². The van der Waals surface area contributed by atoms with Crippen LogP contribution in [0.3, 0.4) is 0 Å². The number of ether oxygens (including phenoxy) is 7. The molecule has 1 aliphatic carbocycles. The molecule has 2 fully saturated rings. The van der Waals surface area contributed by atoms with Gasteiger partial charge in [-0.05, 0) is 64.5 Å². The van der Waals surface area contributed by atoms with Crippen molar-refractivity contribution in [3.05, 3.63) is 52.3 Å². The van der Waals surface area contributed by atoms with Crippen LogP contribution in [0, 0.1) is 12.3 Å². The normalized spacial score (nSPS) is 16.6. The van der Waals surface area contributed by atoms with E-state index in [4.69, 9.17) is 38.1 Å². The highest BCUT2D eigenvalue weighted by Crippen LogP contribution is 2.36. The van der Waals surface area contributed by atoms with Crippen molar-refractivity contribution >= 4 is 35.0 Å². The topological polar surface area (TPSA) is 173 Å². The van der Waals surface area contributed by atoms with E-state index in [1.165, 1.54) is 17.8 Å². The second kappa shape index (κ2) is 25.7. The number of carbonyl (C=O) groups is 4. The van der Waals surface area contributed by atoms with Crippen molar-refractivity contribution in [1.82, 2.24) is 20.5 Å². The molecule has 0 spiro atoms. The second-order valence-corrected chi connectivity index (χ2v) is 16.0. The van der Waals surface area contributed by atoms with Crippen LogP contribution >= 0.6 is 11.3 Å². The average Bonchev–Trinajstić information content (AvgIpc) is 3.91. The monoisotopic (exact) mass is 831 g/mol. The number of thiazole rings is 1. The fourth-order valence-electron chi connectivity index (χ4n) is 6.71. The Morgan fingerprint density at radius 1 is 0.845 bits per heavy atom. The summed E-state index contributed by atoms with van der Waals surface area (Å²) in [7, 11) is 0. The van der Waals surface area contributed by atoms with E-state index < -0.39 is 17.7 Å². The molecule has 58 heavy (non-hydrogen) atoms. The van der Waals surface area contributed by atoms with Crippen LogP contribution in [0.4, 0.5) is 4.79 Å². The van der Waals surface area contributed by atoms with Crippen LogP contribution in [0.25, 0.3) is 0 Å². The van der Waals surface area contributed by atoms with Crippen LogP contribution in [0.2, 0.25) is 0 Å². The largest absolute Gasteiger partial charge is 0.491 e. The Morgan fingerprint density at radius 2 is 1.47 bits per heavy atom. The minimum Gasteiger partial charge on any atom is -0.491 e. The zero-order valence-electron chi connectivity index (χ0n) is 34.6. The van der Waals surface area contributed by atoms with E-state index in [0.29, 0.717) is 103 Å². The summed E-state index contributed by atoms with van der Waals surface area (Å²) < 4.78 is 38.5. The number of hydrogen-bond donors (Lipinski definition) is 2. The predicted molar refractivity (Wildman–Crippen MR) is 218 cm³/mol. The Hall–Kier alpha value is -3.67. The van der Waals surface area contributed by atoms with Gasteiger partial charge < -0.3 is 48.7 Å². The first-order chi connectivity index (χ1) is 28.1. The summed E-state index contributed by atoms with van der Waals surface area (Å²) in [5.41, 5.74) is 0.267. The molecule has 1 saturated carbocycles. The number of aromatic nitrogens is 1. The zero-order valence-corrected chi connectivity index (χ0v) is 35.4. The minimum absolute atomic E-state index is 0.0542. The van der Waals surface area contributed by atoms with Gasteiger partial charge >= 0.3 is 6.09 Å². The van der Waals surface area contributed by atoms with Gasteiger partial charge in [0.25, 0.3) is 0 Å². The third-order valence-electron chi connectivity index (χ3n) is 9.52. The van der Waals surface area contributed by atoms with Crippen LogP contribution in [0.1, 0.15) is 99.7 Å². The third kappa shape index (κ3) is 16.9. The average molecular weight is 832 g/mol. The van der Waals surface area contributed by atoms with Crippen molar-refractivity contribution in [2.45, 2.75) is 90.3 Å². The molecular weight excluding hydrogens is 769 g/mol. The van der Waals surface area contributed by atoms with E-state index in [-0.39, 0.29) is 29.6 Å². The molecule has 2 N–H and O–H groups in total. The van der Waals surface area contributed by atoms with Crippen LogP contribution in [0.15, 0.2) is 29.6 Å². The van der Waals surface area contributed by atoms with Gasteiger partial charge in [0.05, 0.1) is 72.1 Å². The number of alkyl carbamates (subject to hydrolysis) is 1. The maximum Gasteiger partial charge on any atom is 0.407 e. The molecule has 4 rings (SSSR count). The number of benzene rings is 1. The van der Waals surface area contributed by atoms with Crippen molar-refractivity contribution < 1.29 is 52.3 Å². The Kier molecular flexibility index (Phi) is 20.9. The molecule has 2 aromatic rings. The van der Waals surface area contributed by atoms with Gasteiger partial charge in [0.2, 0.25) is 17.6 Å². The summed E-state index contributed by atoms with van der Waals surface area (Å²) >= 11 is 1.39. The summed E-state index contributed by atoms with van der Waals surface area (Å²) in [6.45, 7) is 12.5. The summed E-state index contributed by atoms with van der Waals surface area (Å²) in [6, 6.07) is 6.23. The van der Waals surface area contributed by atoms with Crippen LogP contribution in [-0.2, 0) is 38.0 Å². The Bertz CT molecular complexity index is 1540. The SMILES string of the molecule is C[CH]C(=O)N[C@H](C(=O)N1CCC[C@H]1c1nc(C(=O)c2cccc(OCCOCCOCCOCCOCCOCCNC(=O)OC(C)(C)C)c2)cs1)C1CCCCC1. The lowest BCUT2D eigenvalue weighted by Crippen LogP contribution is -2.52. The van der Waals surface area contributed by atoms with Crippen molar-refractivity contribution in [3.63, 3.8) is 0 Å². The molecule has 3 amide bonds. The molecule has 2 aliphatic rings. The van der Waals surface area contributed by atoms with Crippen LogP contribution in [-0.4, -0.2) is 131 Å². The molecule has 15 nitrogen and oxygen atoms in total. The highest BCUT2D eigenvalue weighted by molar-refractivity contribution is 7.10. The molecule has 1 aromatic heterocycles. The molecule has 1 radical (unpaired) electrons. The van der Waals surface area contributed by atoms with Gasteiger partial charge in [-0.2, -0.15) is 0 Å². The molecule has 1 aliphatic heterocycles. The van der Waals surface area contributed by atoms with Gasteiger partial charge in [-0.15, -0.1) is 11.3 Å². The summed E-state index contributed by atoms with van der Waals surface area (Å²) in [5, 5.41) is 8.11. The first-order valence-corrected chi connectivity index (χ1v) is 21.4. The van der Waals surface area contributed by atoms with E-state index in [2.05, 4.69) is 10.6 Å². The minimum atomic E-state index is -0.552. The number of ketones is 1. The van der Waals surface area contributed by atoms with Gasteiger partial charge in [-0.25, -0.2) is 9.78 Å². The second-order valence-electron chi connectivity index (χ2n) is 15.1. The predicted octanol–water partition coefficient (Wildman–Crippen LogP) is 5.31. The summed E-state index contributed by atoms with van der Waals surface area (Å²) in [5.74, 6) is 0.175. The number of nitrogens with zero attached hydrogens (tertiary/aromatic N) is 2. The lowest BCUT2D eigenvalue weighted by molar-refractivity contribution is -0.138. The van der Waals surface area contributed by atoms with E-state index in [1.807, 2.05) is 25.7 Å². The summed E-state index contributed by atoms with van der Waals surface area (Å²) in [4.78, 5) is 57.9. The fourth-order valence-corrected chi connectivity index (χ4v) is 7.66. The van der Waals surface area contributed by atoms with Crippen molar-refractivity contribution in [1.29, 1.82) is 0 Å². The van der Waals surface area contributed by atoms with Gasteiger partial charge in [0, 0.05) is 30.5 Å². The van der Waals surface area contributed by atoms with E-state index in [0.717, 1.165) is 50.0 Å². The number of amides is 3. The van der Waals surface area contributed by atoms with Gasteiger partial charge in [0.15, 0.2) is 0 Å². The molecule has 16 heteroatoms. The number of carbonyl (C=O) groups excluding carboxylic acids is 4. The molecule has 1 saturated heterocycles. The Morgan fingerprint density at radius 3 is 2.09 bits per heavy atom. The lowest BCUT2D eigenvalue weighted by atomic mass is 9.83. The molecule has 1 aromatic carbocycles. The number of nitrogens with one attached hydrogen (secondary N) is 2. The summed E-state index contributed by atoms with van der Waals surface area (Å²) in [6.07, 6.45) is 7.74. The quantitative estimate of drug-likeness (QED) is 0.0926. The molecular formula is C42H63N4O11S. The van der Waals surface area contributed by atoms with Gasteiger partial charge in [-0.1, -0.05) is 38.3 Å². The van der Waals surface area contributed by atoms with Crippen LogP contribution in [0.5, 0.6) is 5.75 Å². The molecule has 2 heterocycles. The smallest absolute Gasteiger partial charge is 0.407 e. The standard InChI is InChI=1S/C42H63N4O11S/c1-5-36(47)45-37(31-11-7-6-8-12-31)40(49)46-17-10-15-35(46)39-44-34(30-58-39)38(48)32-13-9-14-33(29-32)56-28-27-55-26-25-54-24-23-53-22-21-52-20-19-51-18-16-43-41(50)57-42(2,3)4/h5,9,13-14,29-31,35,37H,6-8,10-12,15-28H2,1-4H3,(H,43,50)(H,45,47)/t35-,37-/m0/s1. The maximum absolute atomic E-state index is 13.9. The first-order valence-electron chi connectivity index (χ1n) is 20.5. The van der Waals surface area contributed by atoms with E-state index in [9.17, 15) is 19.2 Å². The maximum atomic E-state index is 13.9. The highest BCUT2D eigenvalue weighted by atomic mass is 32.1. The molecule has 0 bridgehead atoms. The van der Waals surface area contributed by atoms with Crippen molar-refractivity contribution in [2.75, 3.05) is 85.8 Å². The first kappa shape index (κ1) is 47.0. The molecule has 323 valence electrons.